The number of hydrogen-bond acceptors (Lipinski definition) is 2. The van der Waals surface area contributed by atoms with E-state index in [1.165, 1.54) is 17.7 Å². The van der Waals surface area contributed by atoms with E-state index in [0.29, 0.717) is 5.56 Å². The minimum absolute atomic E-state index is 0.0890. The first-order valence-corrected chi connectivity index (χ1v) is 9.28. The quantitative estimate of drug-likeness (QED) is 0.339. The number of pyridine rings is 1. The van der Waals surface area contributed by atoms with E-state index in [0.717, 1.165) is 29.6 Å². The number of ketones is 1. The summed E-state index contributed by atoms with van der Waals surface area (Å²) in [5, 5.41) is 0.996. The van der Waals surface area contributed by atoms with Gasteiger partial charge in [0.25, 0.3) is 0 Å². The molecular weight excluding hydrogens is 393 g/mol. The largest absolute Gasteiger partial charge is 0.573 e. The third-order valence-electron chi connectivity index (χ3n) is 4.70. The number of carbonyl (C=O) groups is 1. The minimum atomic E-state index is -4.76. The van der Waals surface area contributed by atoms with Gasteiger partial charge >= 0.3 is 6.36 Å². The van der Waals surface area contributed by atoms with E-state index in [9.17, 15) is 18.0 Å². The van der Waals surface area contributed by atoms with Crippen LogP contribution in [0.25, 0.3) is 10.9 Å². The highest BCUT2D eigenvalue weighted by atomic mass is 19.4. The van der Waals surface area contributed by atoms with Gasteiger partial charge in [-0.15, -0.1) is 13.2 Å². The molecule has 0 saturated carbocycles. The van der Waals surface area contributed by atoms with Gasteiger partial charge in [0.15, 0.2) is 24.7 Å². The highest BCUT2D eigenvalue weighted by Crippen LogP contribution is 2.23. The van der Waals surface area contributed by atoms with E-state index in [1.54, 1.807) is 0 Å². The average Bonchev–Trinajstić information content (AvgIpc) is 3.10. The van der Waals surface area contributed by atoms with Crippen LogP contribution in [0.5, 0.6) is 5.75 Å². The second-order valence-electron chi connectivity index (χ2n) is 6.88. The van der Waals surface area contributed by atoms with Gasteiger partial charge in [0.1, 0.15) is 5.75 Å². The third kappa shape index (κ3) is 4.68. The first-order chi connectivity index (χ1) is 14.4. The van der Waals surface area contributed by atoms with Gasteiger partial charge in [-0.3, -0.25) is 4.79 Å². The molecule has 2 heterocycles. The molecule has 0 aliphatic carbocycles. The van der Waals surface area contributed by atoms with Crippen molar-refractivity contribution in [3.63, 3.8) is 0 Å². The predicted octanol–water partition coefficient (Wildman–Crippen LogP) is 4.76. The summed E-state index contributed by atoms with van der Waals surface area (Å²) in [6.07, 6.45) is 1.05. The molecule has 2 aromatic carbocycles. The SMILES string of the molecule is O=C(Cn1ccc2c[n+](Cc3ccccc3)ccc21)c1ccc(OC(F)(F)F)cc1. The molecule has 0 radical (unpaired) electrons. The summed E-state index contributed by atoms with van der Waals surface area (Å²) in [4.78, 5) is 12.6. The molecule has 0 amide bonds. The summed E-state index contributed by atoms with van der Waals surface area (Å²) < 4.78 is 44.5. The van der Waals surface area contributed by atoms with Crippen LogP contribution < -0.4 is 9.30 Å². The van der Waals surface area contributed by atoms with Crippen LogP contribution >= 0.6 is 0 Å². The Morgan fingerprint density at radius 1 is 0.967 bits per heavy atom. The van der Waals surface area contributed by atoms with Crippen molar-refractivity contribution in [2.75, 3.05) is 0 Å². The van der Waals surface area contributed by atoms with Crippen LogP contribution in [-0.4, -0.2) is 16.7 Å². The van der Waals surface area contributed by atoms with Gasteiger partial charge in [-0.2, -0.15) is 0 Å². The average molecular weight is 411 g/mol. The van der Waals surface area contributed by atoms with Crippen LogP contribution in [0.4, 0.5) is 13.2 Å². The van der Waals surface area contributed by atoms with Crippen molar-refractivity contribution < 1.29 is 27.3 Å². The molecule has 0 aliphatic heterocycles. The molecule has 0 fully saturated rings. The van der Waals surface area contributed by atoms with Gasteiger partial charge in [-0.05, 0) is 30.3 Å². The van der Waals surface area contributed by atoms with Gasteiger partial charge in [-0.1, -0.05) is 30.3 Å². The fourth-order valence-corrected chi connectivity index (χ4v) is 3.31. The Morgan fingerprint density at radius 2 is 1.70 bits per heavy atom. The Bertz CT molecular complexity index is 1170. The monoisotopic (exact) mass is 411 g/mol. The zero-order chi connectivity index (χ0) is 21.1. The van der Waals surface area contributed by atoms with Gasteiger partial charge in [0.05, 0.1) is 17.4 Å². The molecule has 0 bridgehead atoms. The molecule has 7 heteroatoms. The summed E-state index contributed by atoms with van der Waals surface area (Å²) in [5.74, 6) is -0.555. The van der Waals surface area contributed by atoms with E-state index >= 15 is 0 Å². The van der Waals surface area contributed by atoms with Gasteiger partial charge < -0.3 is 9.30 Å². The first kappa shape index (κ1) is 19.7. The summed E-state index contributed by atoms with van der Waals surface area (Å²) in [6.45, 7) is 0.832. The summed E-state index contributed by atoms with van der Waals surface area (Å²) >= 11 is 0. The van der Waals surface area contributed by atoms with Crippen molar-refractivity contribution in [3.05, 3.63) is 96.4 Å². The highest BCUT2D eigenvalue weighted by molar-refractivity contribution is 5.96. The van der Waals surface area contributed by atoms with Crippen LogP contribution in [0, 0.1) is 0 Å². The van der Waals surface area contributed by atoms with Crippen molar-refractivity contribution in [2.45, 2.75) is 19.5 Å². The number of rotatable bonds is 6. The Kier molecular flexibility index (Phi) is 5.27. The number of halogens is 3. The number of Topliss-reactive ketones (excluding diaryl/α,β-unsaturated/α-hetero) is 1. The van der Waals surface area contributed by atoms with Crippen molar-refractivity contribution in [1.82, 2.24) is 4.57 Å². The fourth-order valence-electron chi connectivity index (χ4n) is 3.31. The van der Waals surface area contributed by atoms with Gasteiger partial charge in [-0.25, -0.2) is 4.57 Å². The molecule has 4 aromatic rings. The van der Waals surface area contributed by atoms with E-state index < -0.39 is 6.36 Å². The number of hydrogen-bond donors (Lipinski definition) is 0. The Labute approximate surface area is 170 Å². The summed E-state index contributed by atoms with van der Waals surface area (Å²) in [7, 11) is 0. The normalized spacial score (nSPS) is 11.6. The molecular formula is C23H18F3N2O2+. The zero-order valence-corrected chi connectivity index (χ0v) is 15.8. The molecule has 2 aromatic heterocycles. The number of fused-ring (bicyclic) bond motifs is 1. The Balaban J connectivity index is 1.48. The lowest BCUT2D eigenvalue weighted by Gasteiger charge is -2.09. The van der Waals surface area contributed by atoms with Crippen LogP contribution in [0.3, 0.4) is 0 Å². The molecule has 30 heavy (non-hydrogen) atoms. The smallest absolute Gasteiger partial charge is 0.406 e. The Hall–Kier alpha value is -3.61. The Morgan fingerprint density at radius 3 is 2.40 bits per heavy atom. The highest BCUT2D eigenvalue weighted by Gasteiger charge is 2.31. The van der Waals surface area contributed by atoms with Crippen LogP contribution in [0.15, 0.2) is 85.3 Å². The van der Waals surface area contributed by atoms with Crippen LogP contribution in [0.1, 0.15) is 15.9 Å². The molecule has 0 atom stereocenters. The topological polar surface area (TPSA) is 35.1 Å². The van der Waals surface area contributed by atoms with E-state index in [2.05, 4.69) is 21.4 Å². The summed E-state index contributed by atoms with van der Waals surface area (Å²) in [5.41, 5.74) is 2.42. The lowest BCUT2D eigenvalue weighted by Crippen LogP contribution is -2.33. The van der Waals surface area contributed by atoms with Crippen molar-refractivity contribution >= 4 is 16.7 Å². The lowest BCUT2D eigenvalue weighted by molar-refractivity contribution is -0.687. The molecule has 0 unspecified atom stereocenters. The lowest BCUT2D eigenvalue weighted by atomic mass is 10.1. The van der Waals surface area contributed by atoms with Crippen LogP contribution in [-0.2, 0) is 13.1 Å². The number of benzene rings is 2. The first-order valence-electron chi connectivity index (χ1n) is 9.28. The standard InChI is InChI=1S/C23H18F3N2O2/c24-23(25,26)30-20-8-6-18(7-9-20)22(29)16-28-13-10-19-15-27(12-11-21(19)28)14-17-4-2-1-3-5-17/h1-13,15H,14,16H2/q+1. The fraction of sp³-hybridized carbons (Fsp3) is 0.130. The zero-order valence-electron chi connectivity index (χ0n) is 15.8. The van der Waals surface area contributed by atoms with E-state index in [-0.39, 0.29) is 18.1 Å². The maximum atomic E-state index is 12.6. The number of ether oxygens (including phenoxy) is 1. The maximum Gasteiger partial charge on any atom is 0.573 e. The maximum absolute atomic E-state index is 12.6. The van der Waals surface area contributed by atoms with E-state index in [4.69, 9.17) is 0 Å². The van der Waals surface area contributed by atoms with Crippen molar-refractivity contribution in [1.29, 1.82) is 0 Å². The number of nitrogens with zero attached hydrogens (tertiary/aromatic N) is 2. The van der Waals surface area contributed by atoms with Gasteiger partial charge in [0.2, 0.25) is 0 Å². The molecule has 0 spiro atoms. The van der Waals surface area contributed by atoms with Crippen molar-refractivity contribution in [2.24, 2.45) is 0 Å². The predicted molar refractivity (Wildman–Crippen MR) is 105 cm³/mol. The molecule has 0 saturated heterocycles. The number of carbonyl (C=O) groups excluding carboxylic acids is 1. The molecule has 4 rings (SSSR count). The van der Waals surface area contributed by atoms with Crippen molar-refractivity contribution in [3.8, 4) is 5.75 Å². The molecule has 4 nitrogen and oxygen atoms in total. The second-order valence-corrected chi connectivity index (χ2v) is 6.88. The van der Waals surface area contributed by atoms with Crippen LogP contribution in [0.2, 0.25) is 0 Å². The minimum Gasteiger partial charge on any atom is -0.406 e. The summed E-state index contributed by atoms with van der Waals surface area (Å²) in [6, 6.07) is 18.9. The molecule has 152 valence electrons. The van der Waals surface area contributed by atoms with E-state index in [1.807, 2.05) is 53.5 Å². The number of aromatic nitrogens is 2. The number of alkyl halides is 3. The molecule has 0 aliphatic rings. The third-order valence-corrected chi connectivity index (χ3v) is 4.70. The second kappa shape index (κ2) is 8.02. The van der Waals surface area contributed by atoms with Gasteiger partial charge in [0, 0.05) is 23.4 Å². The molecule has 0 N–H and O–H groups in total.